The number of methoxy groups -OCH3 is 3. The Morgan fingerprint density at radius 1 is 0.794 bits per heavy atom. The second-order valence-corrected chi connectivity index (χ2v) is 7.84. The van der Waals surface area contributed by atoms with E-state index in [1.807, 2.05) is 30.5 Å². The van der Waals surface area contributed by atoms with Crippen molar-refractivity contribution in [2.45, 2.75) is 4.90 Å². The van der Waals surface area contributed by atoms with Gasteiger partial charge in [0.05, 0.1) is 21.3 Å². The predicted molar refractivity (Wildman–Crippen MR) is 133 cm³/mol. The molecule has 0 fully saturated rings. The standard InChI is InChI=1S/C25H26N2O6S/c1-30-21-13-16(14-22(31-2)24(21)32-3)25(29)27-18-5-9-19(10-6-18)33-15-23(28)26-17-7-11-20(34-4)12-8-17/h5-14H,15H2,1-4H3,(H,26,28)(H,27,29). The van der Waals surface area contributed by atoms with Gasteiger partial charge in [-0.3, -0.25) is 9.59 Å². The van der Waals surface area contributed by atoms with Gasteiger partial charge in [0.25, 0.3) is 11.8 Å². The molecule has 0 radical (unpaired) electrons. The minimum Gasteiger partial charge on any atom is -0.493 e. The summed E-state index contributed by atoms with van der Waals surface area (Å²) in [5, 5.41) is 5.59. The third-order valence-corrected chi connectivity index (χ3v) is 5.53. The number of nitrogens with one attached hydrogen (secondary N) is 2. The Morgan fingerprint density at radius 3 is 1.88 bits per heavy atom. The van der Waals surface area contributed by atoms with E-state index in [2.05, 4.69) is 10.6 Å². The minimum absolute atomic E-state index is 0.137. The highest BCUT2D eigenvalue weighted by Crippen LogP contribution is 2.38. The zero-order valence-corrected chi connectivity index (χ0v) is 20.2. The molecule has 0 heterocycles. The molecule has 0 aliphatic carbocycles. The number of hydrogen-bond donors (Lipinski definition) is 2. The number of ether oxygens (including phenoxy) is 4. The summed E-state index contributed by atoms with van der Waals surface area (Å²) in [5.74, 6) is 1.06. The lowest BCUT2D eigenvalue weighted by molar-refractivity contribution is -0.118. The molecule has 2 amide bonds. The van der Waals surface area contributed by atoms with Crippen LogP contribution in [0.4, 0.5) is 11.4 Å². The molecule has 0 aliphatic heterocycles. The monoisotopic (exact) mass is 482 g/mol. The van der Waals surface area contributed by atoms with Crippen molar-refractivity contribution in [3.8, 4) is 23.0 Å². The molecule has 9 heteroatoms. The molecule has 0 saturated carbocycles. The molecule has 0 atom stereocenters. The third-order valence-electron chi connectivity index (χ3n) is 4.78. The number of rotatable bonds is 10. The summed E-state index contributed by atoms with van der Waals surface area (Å²) in [6, 6.07) is 17.4. The van der Waals surface area contributed by atoms with Crippen LogP contribution >= 0.6 is 11.8 Å². The van der Waals surface area contributed by atoms with E-state index in [-0.39, 0.29) is 18.4 Å². The van der Waals surface area contributed by atoms with Crippen molar-refractivity contribution in [2.24, 2.45) is 0 Å². The fraction of sp³-hybridized carbons (Fsp3) is 0.200. The van der Waals surface area contributed by atoms with E-state index < -0.39 is 0 Å². The fourth-order valence-electron chi connectivity index (χ4n) is 3.07. The molecule has 0 bridgehead atoms. The topological polar surface area (TPSA) is 95.1 Å². The first-order valence-electron chi connectivity index (χ1n) is 10.3. The maximum atomic E-state index is 12.7. The third kappa shape index (κ3) is 6.35. The van der Waals surface area contributed by atoms with Gasteiger partial charge in [0, 0.05) is 21.8 Å². The van der Waals surface area contributed by atoms with Crippen LogP contribution in [-0.4, -0.2) is 46.0 Å². The van der Waals surface area contributed by atoms with Gasteiger partial charge in [-0.1, -0.05) is 0 Å². The number of amides is 2. The number of thioether (sulfide) groups is 1. The van der Waals surface area contributed by atoms with Gasteiger partial charge in [0.15, 0.2) is 18.1 Å². The average molecular weight is 483 g/mol. The van der Waals surface area contributed by atoms with Gasteiger partial charge in [-0.2, -0.15) is 0 Å². The molecule has 178 valence electrons. The summed E-state index contributed by atoms with van der Waals surface area (Å²) in [7, 11) is 4.47. The first kappa shape index (κ1) is 24.8. The number of carbonyl (C=O) groups is 2. The van der Waals surface area contributed by atoms with Crippen molar-refractivity contribution in [3.05, 3.63) is 66.2 Å². The van der Waals surface area contributed by atoms with E-state index >= 15 is 0 Å². The maximum Gasteiger partial charge on any atom is 0.262 e. The van der Waals surface area contributed by atoms with Gasteiger partial charge in [0.1, 0.15) is 5.75 Å². The maximum absolute atomic E-state index is 12.7. The zero-order chi connectivity index (χ0) is 24.5. The molecule has 3 rings (SSSR count). The predicted octanol–water partition coefficient (Wildman–Crippen LogP) is 4.70. The van der Waals surface area contributed by atoms with Crippen LogP contribution in [0.5, 0.6) is 23.0 Å². The Labute approximate surface area is 202 Å². The highest BCUT2D eigenvalue weighted by atomic mass is 32.2. The van der Waals surface area contributed by atoms with E-state index in [1.54, 1.807) is 48.2 Å². The Morgan fingerprint density at radius 2 is 1.35 bits per heavy atom. The molecule has 3 aromatic rings. The molecule has 0 spiro atoms. The lowest BCUT2D eigenvalue weighted by Crippen LogP contribution is -2.20. The van der Waals surface area contributed by atoms with Crippen molar-refractivity contribution < 1.29 is 28.5 Å². The van der Waals surface area contributed by atoms with Crippen LogP contribution in [0, 0.1) is 0 Å². The molecule has 34 heavy (non-hydrogen) atoms. The van der Waals surface area contributed by atoms with Gasteiger partial charge in [0.2, 0.25) is 5.75 Å². The molecule has 8 nitrogen and oxygen atoms in total. The molecule has 0 aliphatic rings. The normalized spacial score (nSPS) is 10.2. The van der Waals surface area contributed by atoms with Gasteiger partial charge in [-0.15, -0.1) is 11.8 Å². The number of anilines is 2. The van der Waals surface area contributed by atoms with Crippen LogP contribution in [0.15, 0.2) is 65.6 Å². The van der Waals surface area contributed by atoms with Crippen molar-refractivity contribution in [3.63, 3.8) is 0 Å². The molecule has 3 aromatic carbocycles. The Balaban J connectivity index is 1.57. The Kier molecular flexibility index (Phi) is 8.64. The molecule has 0 unspecified atom stereocenters. The van der Waals surface area contributed by atoms with Crippen LogP contribution in [-0.2, 0) is 4.79 Å². The van der Waals surface area contributed by atoms with E-state index in [4.69, 9.17) is 18.9 Å². The highest BCUT2D eigenvalue weighted by molar-refractivity contribution is 7.98. The summed E-state index contributed by atoms with van der Waals surface area (Å²) < 4.78 is 21.4. The smallest absolute Gasteiger partial charge is 0.262 e. The fourth-order valence-corrected chi connectivity index (χ4v) is 3.48. The van der Waals surface area contributed by atoms with Gasteiger partial charge in [-0.25, -0.2) is 0 Å². The Hall–Kier alpha value is -3.85. The Bertz CT molecular complexity index is 1110. The first-order chi connectivity index (χ1) is 16.5. The summed E-state index contributed by atoms with van der Waals surface area (Å²) >= 11 is 1.63. The summed E-state index contributed by atoms with van der Waals surface area (Å²) in [6.45, 7) is -0.137. The lowest BCUT2D eigenvalue weighted by atomic mass is 10.1. The van der Waals surface area contributed by atoms with E-state index in [0.717, 1.165) is 4.90 Å². The number of carbonyl (C=O) groups excluding carboxylic acids is 2. The first-order valence-corrected chi connectivity index (χ1v) is 11.5. The molecule has 2 N–H and O–H groups in total. The second-order valence-electron chi connectivity index (χ2n) is 6.96. The highest BCUT2D eigenvalue weighted by Gasteiger charge is 2.17. The van der Waals surface area contributed by atoms with Crippen LogP contribution in [0.25, 0.3) is 0 Å². The average Bonchev–Trinajstić information content (AvgIpc) is 2.87. The largest absolute Gasteiger partial charge is 0.493 e. The SMILES string of the molecule is COc1cc(C(=O)Nc2ccc(OCC(=O)Nc3ccc(SC)cc3)cc2)cc(OC)c1OC. The quantitative estimate of drug-likeness (QED) is 0.404. The van der Waals surface area contributed by atoms with Crippen LogP contribution in [0.1, 0.15) is 10.4 Å². The van der Waals surface area contributed by atoms with Crippen LogP contribution in [0.3, 0.4) is 0 Å². The van der Waals surface area contributed by atoms with E-state index in [0.29, 0.717) is 39.9 Å². The van der Waals surface area contributed by atoms with Crippen LogP contribution < -0.4 is 29.6 Å². The van der Waals surface area contributed by atoms with Gasteiger partial charge >= 0.3 is 0 Å². The number of benzene rings is 3. The van der Waals surface area contributed by atoms with E-state index in [9.17, 15) is 9.59 Å². The summed E-state index contributed by atoms with van der Waals surface area (Å²) in [6.07, 6.45) is 1.99. The molecular weight excluding hydrogens is 456 g/mol. The van der Waals surface area contributed by atoms with Gasteiger partial charge < -0.3 is 29.6 Å². The number of hydrogen-bond acceptors (Lipinski definition) is 7. The minimum atomic E-state index is -0.347. The van der Waals surface area contributed by atoms with E-state index in [1.165, 1.54) is 21.3 Å². The lowest BCUT2D eigenvalue weighted by Gasteiger charge is -2.14. The van der Waals surface area contributed by atoms with Gasteiger partial charge in [-0.05, 0) is 66.9 Å². The van der Waals surface area contributed by atoms with Crippen molar-refractivity contribution in [1.82, 2.24) is 0 Å². The second kappa shape index (κ2) is 11.9. The van der Waals surface area contributed by atoms with Crippen LogP contribution in [0.2, 0.25) is 0 Å². The molecule has 0 saturated heterocycles. The van der Waals surface area contributed by atoms with Crippen molar-refractivity contribution in [2.75, 3.05) is 44.8 Å². The molecular formula is C25H26N2O6S. The van der Waals surface area contributed by atoms with Crippen molar-refractivity contribution in [1.29, 1.82) is 0 Å². The van der Waals surface area contributed by atoms with Crippen molar-refractivity contribution >= 4 is 35.0 Å². The zero-order valence-electron chi connectivity index (χ0n) is 19.3. The summed E-state index contributed by atoms with van der Waals surface area (Å²) in [5.41, 5.74) is 1.61. The molecule has 0 aromatic heterocycles. The summed E-state index contributed by atoms with van der Waals surface area (Å²) in [4.78, 5) is 26.0.